The normalized spacial score (nSPS) is 18.8. The van der Waals surface area contributed by atoms with Crippen molar-refractivity contribution in [2.45, 2.75) is 96.4 Å². The first-order chi connectivity index (χ1) is 26.6. The van der Waals surface area contributed by atoms with Gasteiger partial charge in [-0.25, -0.2) is 51.1 Å². The van der Waals surface area contributed by atoms with Gasteiger partial charge in [0.05, 0.1) is 38.7 Å². The van der Waals surface area contributed by atoms with Gasteiger partial charge in [-0.15, -0.1) is 0 Å². The molecule has 2 fully saturated rings. The Labute approximate surface area is 324 Å². The van der Waals surface area contributed by atoms with E-state index >= 15 is 0 Å². The summed E-state index contributed by atoms with van der Waals surface area (Å²) in [6.07, 6.45) is 1.23. The number of aliphatic carboxylic acids is 2. The molecule has 2 saturated heterocycles. The molecule has 316 valence electrons. The van der Waals surface area contributed by atoms with Crippen LogP contribution in [0.15, 0.2) is 43.4 Å². The van der Waals surface area contributed by atoms with Gasteiger partial charge in [0, 0.05) is 32.7 Å². The van der Waals surface area contributed by atoms with Crippen molar-refractivity contribution in [2.75, 3.05) is 19.4 Å². The van der Waals surface area contributed by atoms with Crippen LogP contribution in [0.3, 0.4) is 0 Å². The van der Waals surface area contributed by atoms with Crippen LogP contribution in [-0.2, 0) is 69.1 Å². The summed E-state index contributed by atoms with van der Waals surface area (Å²) in [6, 6.07) is 7.79. The Hall–Kier alpha value is -5.00. The van der Waals surface area contributed by atoms with Crippen molar-refractivity contribution in [2.24, 2.45) is 14.1 Å². The number of carboxylic acids is 2. The third-order valence-corrected chi connectivity index (χ3v) is 9.94. The van der Waals surface area contributed by atoms with Gasteiger partial charge < -0.3 is 14.9 Å². The summed E-state index contributed by atoms with van der Waals surface area (Å²) in [6.45, 7) is 1.40. The zero-order valence-corrected chi connectivity index (χ0v) is 32.7. The minimum atomic E-state index is -3.77. The molecular formula is C34H46F3N7O12S. The van der Waals surface area contributed by atoms with E-state index in [1.165, 1.54) is 25.6 Å². The van der Waals surface area contributed by atoms with Crippen LogP contribution in [-0.4, -0.2) is 114 Å². The van der Waals surface area contributed by atoms with E-state index in [1.54, 1.807) is 13.0 Å². The number of piperidine rings is 1. The smallest absolute Gasteiger partial charge is 0.414 e. The van der Waals surface area contributed by atoms with Gasteiger partial charge in [0.1, 0.15) is 30.7 Å². The number of alkyl halides is 3. The first-order valence-corrected chi connectivity index (χ1v) is 19.3. The number of aryl methyl sites for hydroxylation is 2. The number of hydrogen-bond acceptors (Lipinski definition) is 13. The molecule has 5 rings (SSSR count). The maximum atomic E-state index is 14.9. The van der Waals surface area contributed by atoms with Gasteiger partial charge in [0.25, 0.3) is 10.1 Å². The second-order valence-electron chi connectivity index (χ2n) is 13.5. The number of halogens is 3. The molecule has 2 aliphatic heterocycles. The summed E-state index contributed by atoms with van der Waals surface area (Å²) < 4.78 is 77.1. The van der Waals surface area contributed by atoms with Crippen LogP contribution in [0.25, 0.3) is 0 Å². The molecule has 1 aromatic carbocycles. The number of rotatable bonds is 13. The summed E-state index contributed by atoms with van der Waals surface area (Å²) in [5, 5.41) is 14.8. The molecule has 2 bridgehead atoms. The van der Waals surface area contributed by atoms with Gasteiger partial charge in [-0.2, -0.15) is 18.4 Å². The minimum Gasteiger partial charge on any atom is -0.473 e. The molecular weight excluding hydrogens is 787 g/mol. The van der Waals surface area contributed by atoms with Crippen LogP contribution >= 0.6 is 0 Å². The van der Waals surface area contributed by atoms with Crippen molar-refractivity contribution in [3.63, 3.8) is 0 Å². The third kappa shape index (κ3) is 13.3. The lowest BCUT2D eigenvalue weighted by Gasteiger charge is -2.39. The quantitative estimate of drug-likeness (QED) is 0.170. The Morgan fingerprint density at radius 1 is 0.825 bits per heavy atom. The zero-order chi connectivity index (χ0) is 42.8. The van der Waals surface area contributed by atoms with E-state index in [0.29, 0.717) is 22.6 Å². The molecule has 3 aromatic rings. The Morgan fingerprint density at radius 2 is 1.28 bits per heavy atom. The van der Waals surface area contributed by atoms with Gasteiger partial charge >= 0.3 is 34.7 Å². The number of carboxylic acid groups (broad SMARTS) is 2. The highest BCUT2D eigenvalue weighted by Crippen LogP contribution is 2.37. The fourth-order valence-corrected chi connectivity index (χ4v) is 6.68. The molecule has 19 nitrogen and oxygen atoms in total. The summed E-state index contributed by atoms with van der Waals surface area (Å²) in [4.78, 5) is 75.3. The Kier molecular flexibility index (Phi) is 16.6. The molecule has 2 N–H and O–H groups in total. The topological polar surface area (TPSA) is 244 Å². The lowest BCUT2D eigenvalue weighted by molar-refractivity contribution is -0.159. The van der Waals surface area contributed by atoms with Crippen molar-refractivity contribution < 1.29 is 50.3 Å². The lowest BCUT2D eigenvalue weighted by atomic mass is 9.99. The van der Waals surface area contributed by atoms with E-state index in [1.807, 2.05) is 18.2 Å². The van der Waals surface area contributed by atoms with Crippen molar-refractivity contribution >= 4 is 22.1 Å². The molecule has 2 unspecified atom stereocenters. The molecule has 2 aromatic heterocycles. The van der Waals surface area contributed by atoms with Gasteiger partial charge in [0.15, 0.2) is 0 Å². The molecule has 23 heteroatoms. The van der Waals surface area contributed by atoms with Crippen LogP contribution in [0, 0.1) is 13.8 Å². The molecule has 0 aliphatic carbocycles. The standard InChI is InChI=1S/C23H30F2N4O3.C9H14FN3O5S.C2H2O4/c1-15-26-22(30)29(23(31)27(15)2)13-18(25)12-28-19-7-8-20(28)10-21(9-19)32-14-17-6-4-3-5-16(17)11-24;1-6-11-8(14)13(9(15)12(6)2)4-7(10)5-18-19(3,16)17;3-1(4)2(5)6/h3-6,18-21H,7-14H2,1-2H3;7H,4-5H2,1-3H3;(H,3,4)(H,5,6)/t18-,19?,20?,21?;7-;/m01./s1. The molecule has 57 heavy (non-hydrogen) atoms. The number of aromatic nitrogens is 6. The van der Waals surface area contributed by atoms with Crippen molar-refractivity contribution in [3.8, 4) is 0 Å². The van der Waals surface area contributed by atoms with Crippen molar-refractivity contribution in [1.29, 1.82) is 0 Å². The van der Waals surface area contributed by atoms with Crippen molar-refractivity contribution in [3.05, 3.63) is 89.0 Å². The van der Waals surface area contributed by atoms with E-state index in [2.05, 4.69) is 19.1 Å². The predicted molar refractivity (Wildman–Crippen MR) is 195 cm³/mol. The highest BCUT2D eigenvalue weighted by Gasteiger charge is 2.42. The average Bonchev–Trinajstić information content (AvgIpc) is 3.36. The minimum absolute atomic E-state index is 0.0608. The molecule has 2 aliphatic rings. The number of carbonyl (C=O) groups is 2. The molecule has 0 amide bonds. The van der Waals surface area contributed by atoms with Crippen LogP contribution in [0.5, 0.6) is 0 Å². The largest absolute Gasteiger partial charge is 0.473 e. The molecule has 4 heterocycles. The van der Waals surface area contributed by atoms with E-state index < -0.39 is 77.0 Å². The maximum Gasteiger partial charge on any atom is 0.414 e. The zero-order valence-electron chi connectivity index (χ0n) is 31.9. The van der Waals surface area contributed by atoms with Crippen LogP contribution in [0.1, 0.15) is 48.5 Å². The Morgan fingerprint density at radius 3 is 1.72 bits per heavy atom. The highest BCUT2D eigenvalue weighted by atomic mass is 32.2. The molecule has 0 radical (unpaired) electrons. The van der Waals surface area contributed by atoms with Crippen LogP contribution < -0.4 is 22.8 Å². The van der Waals surface area contributed by atoms with E-state index in [0.717, 1.165) is 46.6 Å². The lowest BCUT2D eigenvalue weighted by Crippen LogP contribution is -2.50. The Bertz CT molecular complexity index is 2220. The van der Waals surface area contributed by atoms with Gasteiger partial charge in [-0.3, -0.25) is 18.2 Å². The molecule has 0 spiro atoms. The summed E-state index contributed by atoms with van der Waals surface area (Å²) in [5.74, 6) is -3.14. The third-order valence-electron chi connectivity index (χ3n) is 9.38. The van der Waals surface area contributed by atoms with E-state index in [4.69, 9.17) is 24.5 Å². The fraction of sp³-hybridized carbons (Fsp3) is 0.588. The number of nitrogens with zero attached hydrogens (tertiary/aromatic N) is 7. The van der Waals surface area contributed by atoms with Gasteiger partial charge in [-0.05, 0) is 50.7 Å². The second kappa shape index (κ2) is 20.4. The number of benzene rings is 1. The van der Waals surface area contributed by atoms with Gasteiger partial charge in [-0.1, -0.05) is 24.3 Å². The number of ether oxygens (including phenoxy) is 1. The predicted octanol–water partition coefficient (Wildman–Crippen LogP) is -0.00946. The van der Waals surface area contributed by atoms with E-state index in [9.17, 15) is 40.8 Å². The molecule has 4 atom stereocenters. The van der Waals surface area contributed by atoms with E-state index in [-0.39, 0.29) is 37.1 Å². The summed E-state index contributed by atoms with van der Waals surface area (Å²) in [5.41, 5.74) is -1.35. The first kappa shape index (κ1) is 46.4. The monoisotopic (exact) mass is 833 g/mol. The highest BCUT2D eigenvalue weighted by molar-refractivity contribution is 7.85. The maximum absolute atomic E-state index is 14.9. The average molecular weight is 834 g/mol. The van der Waals surface area contributed by atoms with Crippen molar-refractivity contribution in [1.82, 2.24) is 33.1 Å². The fourth-order valence-electron chi connectivity index (χ4n) is 6.29. The number of hydrogen-bond donors (Lipinski definition) is 2. The van der Waals surface area contributed by atoms with Crippen LogP contribution in [0.4, 0.5) is 13.2 Å². The summed E-state index contributed by atoms with van der Waals surface area (Å²) in [7, 11) is -0.865. The SMILES string of the molecule is Cc1nc(=O)n(C[C@@H](F)CN2C3CCC2CC(OCc2ccccc2CF)C3)c(=O)n1C.Cc1nc(=O)n(C[C@@H](F)COS(C)(=O)=O)c(=O)n1C.O=C(O)C(=O)O. The van der Waals surface area contributed by atoms with Crippen LogP contribution in [0.2, 0.25) is 0 Å². The summed E-state index contributed by atoms with van der Waals surface area (Å²) >= 11 is 0. The second-order valence-corrected chi connectivity index (χ2v) is 15.1. The molecule has 0 saturated carbocycles. The first-order valence-electron chi connectivity index (χ1n) is 17.5. The van der Waals surface area contributed by atoms with Gasteiger partial charge in [0.2, 0.25) is 0 Å². The number of fused-ring (bicyclic) bond motifs is 2. The Balaban J connectivity index is 0.000000295.